The maximum absolute atomic E-state index is 5.99. The van der Waals surface area contributed by atoms with Crippen molar-refractivity contribution in [3.8, 4) is 11.7 Å². The molecule has 0 saturated heterocycles. The first-order chi connectivity index (χ1) is 7.84. The lowest BCUT2D eigenvalue weighted by molar-refractivity contribution is 0.401. The van der Waals surface area contributed by atoms with Gasteiger partial charge in [0.25, 0.3) is 5.89 Å². The van der Waals surface area contributed by atoms with E-state index >= 15 is 0 Å². The molecule has 2 aromatic rings. The molecule has 0 amide bonds. The summed E-state index contributed by atoms with van der Waals surface area (Å²) < 4.78 is 10.4. The molecule has 0 radical (unpaired) electrons. The number of hydrogen-bond donors (Lipinski definition) is 1. The predicted octanol–water partition coefficient (Wildman–Crippen LogP) is 1.92. The third-order valence-corrected chi connectivity index (χ3v) is 3.07. The molecule has 2 N–H and O–H groups in total. The molecule has 84 valence electrons. The molecule has 1 aliphatic rings. The van der Waals surface area contributed by atoms with Gasteiger partial charge in [0.1, 0.15) is 0 Å². The molecule has 3 rings (SSSR count). The number of nitrogens with two attached hydrogens (primary N) is 1. The summed E-state index contributed by atoms with van der Waals surface area (Å²) in [5, 5.41) is 3.98. The molecule has 0 aromatic carbocycles. The largest absolute Gasteiger partial charge is 0.459 e. The molecule has 1 aliphatic carbocycles. The Labute approximate surface area is 92.6 Å². The number of hydrogen-bond acceptors (Lipinski definition) is 5. The van der Waals surface area contributed by atoms with Crippen LogP contribution in [0.15, 0.2) is 27.3 Å². The zero-order valence-electron chi connectivity index (χ0n) is 8.80. The van der Waals surface area contributed by atoms with Crippen LogP contribution in [0, 0.1) is 0 Å². The lowest BCUT2D eigenvalue weighted by Gasteiger charge is -2.09. The Morgan fingerprint density at radius 1 is 1.38 bits per heavy atom. The molecule has 0 aliphatic heterocycles. The average Bonchev–Trinajstić information content (AvgIpc) is 2.96. The van der Waals surface area contributed by atoms with Crippen LogP contribution in [0.4, 0.5) is 0 Å². The first-order valence-corrected chi connectivity index (χ1v) is 5.47. The van der Waals surface area contributed by atoms with Crippen molar-refractivity contribution >= 4 is 0 Å². The molecule has 0 bridgehead atoms. The second-order valence-electron chi connectivity index (χ2n) is 4.14. The minimum atomic E-state index is 0.155. The molecule has 2 atom stereocenters. The molecule has 1 fully saturated rings. The molecule has 2 aromatic heterocycles. The van der Waals surface area contributed by atoms with Gasteiger partial charge in [0.15, 0.2) is 11.6 Å². The summed E-state index contributed by atoms with van der Waals surface area (Å²) in [5.74, 6) is 1.97. The SMILES string of the molecule is NC1CCCC1c1noc(-c2ccco2)n1. The fraction of sp³-hybridized carbons (Fsp3) is 0.455. The topological polar surface area (TPSA) is 78.1 Å². The van der Waals surface area contributed by atoms with Crippen molar-refractivity contribution in [2.75, 3.05) is 0 Å². The Morgan fingerprint density at radius 2 is 2.31 bits per heavy atom. The summed E-state index contributed by atoms with van der Waals surface area (Å²) in [6.07, 6.45) is 4.80. The normalized spacial score (nSPS) is 25.1. The van der Waals surface area contributed by atoms with Gasteiger partial charge >= 0.3 is 0 Å². The third kappa shape index (κ3) is 1.53. The second-order valence-corrected chi connectivity index (χ2v) is 4.14. The van der Waals surface area contributed by atoms with E-state index < -0.39 is 0 Å². The lowest BCUT2D eigenvalue weighted by atomic mass is 10.0. The minimum Gasteiger partial charge on any atom is -0.459 e. The highest BCUT2D eigenvalue weighted by molar-refractivity contribution is 5.43. The number of furan rings is 1. The summed E-state index contributed by atoms with van der Waals surface area (Å²) >= 11 is 0. The van der Waals surface area contributed by atoms with Crippen LogP contribution >= 0.6 is 0 Å². The van der Waals surface area contributed by atoms with Gasteiger partial charge in [-0.1, -0.05) is 11.6 Å². The van der Waals surface area contributed by atoms with Crippen LogP contribution in [0.1, 0.15) is 31.0 Å². The van der Waals surface area contributed by atoms with Crippen LogP contribution in [0.3, 0.4) is 0 Å². The number of aromatic nitrogens is 2. The molecule has 2 unspecified atom stereocenters. The van der Waals surface area contributed by atoms with Gasteiger partial charge < -0.3 is 14.7 Å². The van der Waals surface area contributed by atoms with Gasteiger partial charge in [0, 0.05) is 12.0 Å². The second kappa shape index (κ2) is 3.75. The van der Waals surface area contributed by atoms with E-state index in [1.807, 2.05) is 0 Å². The minimum absolute atomic E-state index is 0.155. The molecule has 0 spiro atoms. The molecular weight excluding hydrogens is 206 g/mol. The summed E-state index contributed by atoms with van der Waals surface area (Å²) in [6.45, 7) is 0. The van der Waals surface area contributed by atoms with Gasteiger partial charge in [-0.2, -0.15) is 4.98 Å². The van der Waals surface area contributed by atoms with Crippen molar-refractivity contribution in [2.24, 2.45) is 5.73 Å². The Kier molecular flexibility index (Phi) is 2.25. The van der Waals surface area contributed by atoms with Crippen molar-refractivity contribution in [2.45, 2.75) is 31.2 Å². The fourth-order valence-electron chi connectivity index (χ4n) is 2.20. The van der Waals surface area contributed by atoms with E-state index in [-0.39, 0.29) is 12.0 Å². The molecule has 5 nitrogen and oxygen atoms in total. The van der Waals surface area contributed by atoms with E-state index in [4.69, 9.17) is 14.7 Å². The predicted molar refractivity (Wildman–Crippen MR) is 56.6 cm³/mol. The van der Waals surface area contributed by atoms with Gasteiger partial charge in [-0.15, -0.1) is 0 Å². The number of nitrogens with zero attached hydrogens (tertiary/aromatic N) is 2. The van der Waals surface area contributed by atoms with Crippen molar-refractivity contribution in [3.05, 3.63) is 24.2 Å². The van der Waals surface area contributed by atoms with Crippen LogP contribution < -0.4 is 5.73 Å². The van der Waals surface area contributed by atoms with Crippen LogP contribution in [0.2, 0.25) is 0 Å². The van der Waals surface area contributed by atoms with E-state index in [1.54, 1.807) is 18.4 Å². The summed E-state index contributed by atoms with van der Waals surface area (Å²) in [6, 6.07) is 3.74. The first-order valence-electron chi connectivity index (χ1n) is 5.47. The molecule has 16 heavy (non-hydrogen) atoms. The Hall–Kier alpha value is -1.62. The summed E-state index contributed by atoms with van der Waals surface area (Å²) in [7, 11) is 0. The highest BCUT2D eigenvalue weighted by Gasteiger charge is 2.29. The maximum Gasteiger partial charge on any atom is 0.293 e. The summed E-state index contributed by atoms with van der Waals surface area (Å²) in [4.78, 5) is 4.33. The van der Waals surface area contributed by atoms with Gasteiger partial charge in [-0.3, -0.25) is 0 Å². The smallest absolute Gasteiger partial charge is 0.293 e. The van der Waals surface area contributed by atoms with Crippen LogP contribution in [0.25, 0.3) is 11.7 Å². The van der Waals surface area contributed by atoms with Gasteiger partial charge in [-0.05, 0) is 25.0 Å². The Balaban J connectivity index is 1.88. The van der Waals surface area contributed by atoms with E-state index in [9.17, 15) is 0 Å². The van der Waals surface area contributed by atoms with E-state index in [0.29, 0.717) is 17.5 Å². The standard InChI is InChI=1S/C11H13N3O2/c12-8-4-1-3-7(8)10-13-11(16-14-10)9-5-2-6-15-9/h2,5-8H,1,3-4,12H2. The van der Waals surface area contributed by atoms with Crippen LogP contribution in [-0.4, -0.2) is 16.2 Å². The van der Waals surface area contributed by atoms with Crippen LogP contribution in [0.5, 0.6) is 0 Å². The Morgan fingerprint density at radius 3 is 3.00 bits per heavy atom. The molecule has 1 saturated carbocycles. The van der Waals surface area contributed by atoms with Gasteiger partial charge in [-0.25, -0.2) is 0 Å². The molecule has 5 heteroatoms. The highest BCUT2D eigenvalue weighted by atomic mass is 16.5. The van der Waals surface area contributed by atoms with E-state index in [0.717, 1.165) is 19.3 Å². The monoisotopic (exact) mass is 219 g/mol. The van der Waals surface area contributed by atoms with Crippen molar-refractivity contribution in [1.29, 1.82) is 0 Å². The van der Waals surface area contributed by atoms with Crippen LogP contribution in [-0.2, 0) is 0 Å². The van der Waals surface area contributed by atoms with E-state index in [2.05, 4.69) is 10.1 Å². The first kappa shape index (κ1) is 9.59. The van der Waals surface area contributed by atoms with Gasteiger partial charge in [0.2, 0.25) is 0 Å². The van der Waals surface area contributed by atoms with Crippen molar-refractivity contribution in [3.63, 3.8) is 0 Å². The fourth-order valence-corrected chi connectivity index (χ4v) is 2.20. The van der Waals surface area contributed by atoms with Crippen molar-refractivity contribution in [1.82, 2.24) is 10.1 Å². The number of rotatable bonds is 2. The zero-order chi connectivity index (χ0) is 11.0. The quantitative estimate of drug-likeness (QED) is 0.834. The highest BCUT2D eigenvalue weighted by Crippen LogP contribution is 2.32. The Bertz CT molecular complexity index is 463. The van der Waals surface area contributed by atoms with E-state index in [1.165, 1.54) is 0 Å². The molecular formula is C11H13N3O2. The van der Waals surface area contributed by atoms with Gasteiger partial charge in [0.05, 0.1) is 6.26 Å². The zero-order valence-corrected chi connectivity index (χ0v) is 8.80. The lowest BCUT2D eigenvalue weighted by Crippen LogP contribution is -2.23. The molecule has 2 heterocycles. The van der Waals surface area contributed by atoms with Crippen molar-refractivity contribution < 1.29 is 8.94 Å². The average molecular weight is 219 g/mol. The summed E-state index contributed by atoms with van der Waals surface area (Å²) in [5.41, 5.74) is 5.99. The maximum atomic E-state index is 5.99. The third-order valence-electron chi connectivity index (χ3n) is 3.07.